The van der Waals surface area contributed by atoms with Gasteiger partial charge in [0.15, 0.2) is 0 Å². The van der Waals surface area contributed by atoms with Crippen molar-refractivity contribution in [3.63, 3.8) is 0 Å². The second-order valence-electron chi connectivity index (χ2n) is 6.75. The molecule has 0 radical (unpaired) electrons. The van der Waals surface area contributed by atoms with Crippen LogP contribution in [0.25, 0.3) is 10.6 Å². The van der Waals surface area contributed by atoms with Crippen LogP contribution in [0.1, 0.15) is 17.5 Å². The standard InChI is InChI=1S/C18H18ClFN6O2S2/c1-26-15(17(27)24-10-3-4-12(20)11(19)5-10)6-13(25-30(26,2)28)18-22-8-16(29-18)14-7-21-9-23-14/h3-5,7-9,13,15H,2,6H2,1H3,(H,21,23)(H,24,27)(H,25,28)/t13-,15+,30?/m1/s1. The predicted molar refractivity (Wildman–Crippen MR) is 117 cm³/mol. The monoisotopic (exact) mass is 468 g/mol. The maximum Gasteiger partial charge on any atom is 0.242 e. The van der Waals surface area contributed by atoms with Crippen LogP contribution in [-0.4, -0.2) is 48.3 Å². The van der Waals surface area contributed by atoms with Crippen molar-refractivity contribution in [2.45, 2.75) is 18.5 Å². The van der Waals surface area contributed by atoms with Crippen LogP contribution in [-0.2, 0) is 14.7 Å². The first kappa shape index (κ1) is 20.9. The maximum atomic E-state index is 13.4. The van der Waals surface area contributed by atoms with E-state index < -0.39 is 33.7 Å². The second kappa shape index (κ2) is 8.08. The highest BCUT2D eigenvalue weighted by molar-refractivity contribution is 7.96. The summed E-state index contributed by atoms with van der Waals surface area (Å²) in [6.45, 7) is 0. The third-order valence-corrected chi connectivity index (χ3v) is 8.04. The number of aromatic nitrogens is 3. The zero-order chi connectivity index (χ0) is 21.5. The molecule has 1 unspecified atom stereocenters. The highest BCUT2D eigenvalue weighted by Crippen LogP contribution is 2.34. The minimum atomic E-state index is -2.92. The Hall–Kier alpha value is -2.31. The Balaban J connectivity index is 1.57. The number of halogens is 2. The van der Waals surface area contributed by atoms with Crippen LogP contribution in [0.2, 0.25) is 5.02 Å². The molecular formula is C18H18ClFN6O2S2. The number of anilines is 1. The van der Waals surface area contributed by atoms with Crippen LogP contribution in [0, 0.1) is 5.82 Å². The van der Waals surface area contributed by atoms with Gasteiger partial charge in [0.05, 0.1) is 44.1 Å². The van der Waals surface area contributed by atoms with Crippen molar-refractivity contribution in [1.82, 2.24) is 24.0 Å². The highest BCUT2D eigenvalue weighted by atomic mass is 35.5. The Kier molecular flexibility index (Phi) is 5.64. The molecule has 2 aromatic heterocycles. The second-order valence-corrected chi connectivity index (χ2v) is 10.3. The summed E-state index contributed by atoms with van der Waals surface area (Å²) >= 11 is 7.20. The molecule has 8 nitrogen and oxygen atoms in total. The summed E-state index contributed by atoms with van der Waals surface area (Å²) in [4.78, 5) is 25.3. The van der Waals surface area contributed by atoms with Crippen LogP contribution in [0.4, 0.5) is 10.1 Å². The number of nitrogens with one attached hydrogen (secondary N) is 3. The van der Waals surface area contributed by atoms with Crippen LogP contribution in [0.3, 0.4) is 0 Å². The van der Waals surface area contributed by atoms with E-state index in [2.05, 4.69) is 30.9 Å². The molecule has 30 heavy (non-hydrogen) atoms. The van der Waals surface area contributed by atoms with Gasteiger partial charge in [0, 0.05) is 18.9 Å². The van der Waals surface area contributed by atoms with Gasteiger partial charge in [-0.2, -0.15) is 0 Å². The average molecular weight is 469 g/mol. The molecule has 1 aromatic carbocycles. The van der Waals surface area contributed by atoms with Crippen molar-refractivity contribution in [3.8, 4) is 10.6 Å². The number of nitrogens with zero attached hydrogens (tertiary/aromatic N) is 3. The first-order chi connectivity index (χ1) is 14.2. The normalized spacial score (nSPS) is 24.6. The molecule has 3 atom stereocenters. The quantitative estimate of drug-likeness (QED) is 0.512. The molecule has 0 spiro atoms. The van der Waals surface area contributed by atoms with Crippen LogP contribution >= 0.6 is 22.9 Å². The molecule has 1 aliphatic heterocycles. The van der Waals surface area contributed by atoms with Gasteiger partial charge in [-0.1, -0.05) is 11.6 Å². The zero-order valence-corrected chi connectivity index (χ0v) is 18.2. The van der Waals surface area contributed by atoms with Crippen molar-refractivity contribution < 1.29 is 13.4 Å². The molecule has 4 rings (SSSR count). The molecule has 3 aromatic rings. The lowest BCUT2D eigenvalue weighted by Crippen LogP contribution is -2.55. The van der Waals surface area contributed by atoms with Crippen molar-refractivity contribution in [2.24, 2.45) is 0 Å². The molecular weight excluding hydrogens is 451 g/mol. The summed E-state index contributed by atoms with van der Waals surface area (Å²) in [6, 6.07) is 2.73. The fraction of sp³-hybridized carbons (Fsp3) is 0.222. The minimum Gasteiger partial charge on any atom is -0.344 e. The topological polar surface area (TPSA) is 103 Å². The molecule has 1 saturated heterocycles. The fourth-order valence-electron chi connectivity index (χ4n) is 3.12. The molecule has 3 heterocycles. The molecule has 0 bridgehead atoms. The fourth-order valence-corrected chi connectivity index (χ4v) is 5.74. The number of hydrogen-bond acceptors (Lipinski definition) is 5. The summed E-state index contributed by atoms with van der Waals surface area (Å²) in [5.41, 5.74) is 1.17. The number of benzene rings is 1. The molecule has 12 heteroatoms. The predicted octanol–water partition coefficient (Wildman–Crippen LogP) is 2.85. The third kappa shape index (κ3) is 4.12. The number of aromatic amines is 1. The van der Waals surface area contributed by atoms with Crippen LogP contribution in [0.15, 0.2) is 36.9 Å². The Morgan fingerprint density at radius 2 is 2.27 bits per heavy atom. The van der Waals surface area contributed by atoms with E-state index in [0.717, 1.165) is 10.6 Å². The first-order valence-electron chi connectivity index (χ1n) is 8.82. The first-order valence-corrected chi connectivity index (χ1v) is 11.7. The van der Waals surface area contributed by atoms with Crippen LogP contribution < -0.4 is 10.0 Å². The average Bonchev–Trinajstić information content (AvgIpc) is 3.38. The van der Waals surface area contributed by atoms with Gasteiger partial charge in [-0.25, -0.2) is 27.6 Å². The molecule has 3 N–H and O–H groups in total. The minimum absolute atomic E-state index is 0.0978. The van der Waals surface area contributed by atoms with Crippen molar-refractivity contribution in [1.29, 1.82) is 0 Å². The van der Waals surface area contributed by atoms with Gasteiger partial charge < -0.3 is 10.3 Å². The van der Waals surface area contributed by atoms with Crippen molar-refractivity contribution >= 4 is 50.3 Å². The zero-order valence-electron chi connectivity index (χ0n) is 15.8. The molecule has 1 fully saturated rings. The number of H-pyrrole nitrogens is 1. The number of thiazole rings is 1. The number of imidazole rings is 1. The van der Waals surface area contributed by atoms with Gasteiger partial charge in [0.1, 0.15) is 16.9 Å². The lowest BCUT2D eigenvalue weighted by Gasteiger charge is -2.38. The Morgan fingerprint density at radius 1 is 1.47 bits per heavy atom. The molecule has 1 aliphatic rings. The molecule has 0 saturated carbocycles. The smallest absolute Gasteiger partial charge is 0.242 e. The SMILES string of the molecule is C=S1(=O)N[C@@H](c2ncc(-c3cnc[nH]3)s2)C[C@@H](C(=O)Nc2ccc(F)c(Cl)c2)N1C. The van der Waals surface area contributed by atoms with E-state index in [9.17, 15) is 13.4 Å². The highest BCUT2D eigenvalue weighted by Gasteiger charge is 2.38. The van der Waals surface area contributed by atoms with Gasteiger partial charge in [-0.3, -0.25) is 4.79 Å². The van der Waals surface area contributed by atoms with Gasteiger partial charge in [0.25, 0.3) is 0 Å². The van der Waals surface area contributed by atoms with E-state index in [4.69, 9.17) is 11.6 Å². The van der Waals surface area contributed by atoms with Gasteiger partial charge >= 0.3 is 0 Å². The number of amides is 1. The number of rotatable bonds is 4. The summed E-state index contributed by atoms with van der Waals surface area (Å²) in [6.07, 6.45) is 5.29. The maximum absolute atomic E-state index is 13.4. The van der Waals surface area contributed by atoms with Gasteiger partial charge in [0.2, 0.25) is 5.91 Å². The number of likely N-dealkylation sites (N-methyl/N-ethyl adjacent to an activating group) is 1. The number of carbonyl (C=O) groups is 1. The largest absolute Gasteiger partial charge is 0.344 e. The van der Waals surface area contributed by atoms with E-state index in [1.807, 2.05) is 0 Å². The number of hydrogen-bond donors (Lipinski definition) is 3. The lowest BCUT2D eigenvalue weighted by atomic mass is 10.1. The summed E-state index contributed by atoms with van der Waals surface area (Å²) in [5, 5.41) is 3.29. The molecule has 158 valence electrons. The third-order valence-electron chi connectivity index (χ3n) is 4.76. The van der Waals surface area contributed by atoms with E-state index in [1.165, 1.54) is 33.8 Å². The van der Waals surface area contributed by atoms with E-state index in [-0.39, 0.29) is 5.02 Å². The molecule has 1 amide bonds. The summed E-state index contributed by atoms with van der Waals surface area (Å²) in [7, 11) is -1.35. The summed E-state index contributed by atoms with van der Waals surface area (Å²) in [5.74, 6) is 2.79. The van der Waals surface area contributed by atoms with Gasteiger partial charge in [-0.15, -0.1) is 11.3 Å². The van der Waals surface area contributed by atoms with Crippen LogP contribution in [0.5, 0.6) is 0 Å². The number of carbonyl (C=O) groups excluding carboxylic acids is 1. The Labute approximate surface area is 181 Å². The van der Waals surface area contributed by atoms with E-state index in [0.29, 0.717) is 17.1 Å². The van der Waals surface area contributed by atoms with Crippen molar-refractivity contribution in [3.05, 3.63) is 52.8 Å². The summed E-state index contributed by atoms with van der Waals surface area (Å²) < 4.78 is 30.8. The lowest BCUT2D eigenvalue weighted by molar-refractivity contribution is -0.120. The Morgan fingerprint density at radius 3 is 2.97 bits per heavy atom. The Bertz CT molecular complexity index is 1180. The van der Waals surface area contributed by atoms with Crippen molar-refractivity contribution in [2.75, 3.05) is 12.4 Å². The molecule has 0 aliphatic carbocycles. The van der Waals surface area contributed by atoms with Gasteiger partial charge in [-0.05, 0) is 30.5 Å². The van der Waals surface area contributed by atoms with E-state index >= 15 is 0 Å². The van der Waals surface area contributed by atoms with E-state index in [1.54, 1.807) is 25.8 Å².